The van der Waals surface area contributed by atoms with Crippen LogP contribution in [0.25, 0.3) is 0 Å². The highest BCUT2D eigenvalue weighted by Gasteiger charge is 2.15. The van der Waals surface area contributed by atoms with Gasteiger partial charge in [-0.05, 0) is 25.2 Å². The maximum atomic E-state index is 11.6. The van der Waals surface area contributed by atoms with E-state index in [4.69, 9.17) is 4.74 Å². The lowest BCUT2D eigenvalue weighted by molar-refractivity contribution is -0.116. The van der Waals surface area contributed by atoms with E-state index < -0.39 is 0 Å². The zero-order valence-corrected chi connectivity index (χ0v) is 12.6. The lowest BCUT2D eigenvalue weighted by atomic mass is 10.0. The van der Waals surface area contributed by atoms with Gasteiger partial charge in [-0.2, -0.15) is 5.10 Å². The van der Waals surface area contributed by atoms with Crippen molar-refractivity contribution < 1.29 is 9.53 Å². The Morgan fingerprint density at radius 1 is 1.53 bits per heavy atom. The Bertz CT molecular complexity index is 402. The molecule has 0 atom stereocenters. The van der Waals surface area contributed by atoms with Gasteiger partial charge >= 0.3 is 0 Å². The van der Waals surface area contributed by atoms with Crippen LogP contribution in [0.4, 0.5) is 5.69 Å². The van der Waals surface area contributed by atoms with Gasteiger partial charge in [-0.25, -0.2) is 0 Å². The number of aromatic nitrogens is 2. The molecule has 2 heterocycles. The monoisotopic (exact) mass is 329 g/mol. The highest BCUT2D eigenvalue weighted by molar-refractivity contribution is 9.09. The van der Waals surface area contributed by atoms with Gasteiger partial charge in [-0.1, -0.05) is 15.9 Å². The summed E-state index contributed by atoms with van der Waals surface area (Å²) in [6.45, 7) is 2.60. The Balaban J connectivity index is 1.79. The molecular formula is C13H20BrN3O2. The van der Waals surface area contributed by atoms with Crippen LogP contribution in [-0.4, -0.2) is 34.2 Å². The Hall–Kier alpha value is -0.880. The number of nitrogens with zero attached hydrogens (tertiary/aromatic N) is 2. The van der Waals surface area contributed by atoms with E-state index in [9.17, 15) is 4.79 Å². The van der Waals surface area contributed by atoms with Gasteiger partial charge in [-0.15, -0.1) is 0 Å². The molecule has 0 saturated carbocycles. The van der Waals surface area contributed by atoms with E-state index >= 15 is 0 Å². The molecule has 1 aliphatic rings. The van der Waals surface area contributed by atoms with Crippen LogP contribution in [0.3, 0.4) is 0 Å². The predicted molar refractivity (Wildman–Crippen MR) is 77.4 cm³/mol. The highest BCUT2D eigenvalue weighted by Crippen LogP contribution is 2.17. The van der Waals surface area contributed by atoms with Crippen LogP contribution < -0.4 is 5.32 Å². The topological polar surface area (TPSA) is 56.2 Å². The first kappa shape index (κ1) is 14.5. The number of alkyl halides is 1. The number of carbonyl (C=O) groups is 1. The minimum absolute atomic E-state index is 0.0464. The van der Waals surface area contributed by atoms with Gasteiger partial charge in [0.25, 0.3) is 0 Å². The van der Waals surface area contributed by atoms with E-state index in [2.05, 4.69) is 26.3 Å². The summed E-state index contributed by atoms with van der Waals surface area (Å²) in [6.07, 6.45) is 7.19. The fourth-order valence-electron chi connectivity index (χ4n) is 2.17. The normalized spacial score (nSPS) is 16.5. The zero-order chi connectivity index (χ0) is 13.5. The summed E-state index contributed by atoms with van der Waals surface area (Å²) in [5.74, 6) is 0.677. The van der Waals surface area contributed by atoms with E-state index in [0.717, 1.165) is 50.0 Å². The van der Waals surface area contributed by atoms with Crippen molar-refractivity contribution in [2.75, 3.05) is 23.9 Å². The van der Waals surface area contributed by atoms with E-state index in [1.54, 1.807) is 6.20 Å². The van der Waals surface area contributed by atoms with Gasteiger partial charge in [0.05, 0.1) is 11.9 Å². The number of amides is 1. The van der Waals surface area contributed by atoms with Crippen molar-refractivity contribution in [2.45, 2.75) is 32.2 Å². The third kappa shape index (κ3) is 4.95. The summed E-state index contributed by atoms with van der Waals surface area (Å²) in [6, 6.07) is 0. The van der Waals surface area contributed by atoms with Gasteiger partial charge in [0.2, 0.25) is 5.91 Å². The Morgan fingerprint density at radius 3 is 3.05 bits per heavy atom. The number of ether oxygens (including phenoxy) is 1. The van der Waals surface area contributed by atoms with Crippen molar-refractivity contribution in [1.82, 2.24) is 9.78 Å². The van der Waals surface area contributed by atoms with E-state index in [-0.39, 0.29) is 5.91 Å². The van der Waals surface area contributed by atoms with Gasteiger partial charge < -0.3 is 10.1 Å². The SMILES string of the molecule is O=C(CCCBr)Nc1cnn(CC2CCOCC2)c1. The van der Waals surface area contributed by atoms with Crippen molar-refractivity contribution >= 4 is 27.5 Å². The van der Waals surface area contributed by atoms with Crippen molar-refractivity contribution in [3.8, 4) is 0 Å². The summed E-state index contributed by atoms with van der Waals surface area (Å²) in [5.41, 5.74) is 0.784. The smallest absolute Gasteiger partial charge is 0.224 e. The minimum Gasteiger partial charge on any atom is -0.381 e. The average molecular weight is 330 g/mol. The van der Waals surface area contributed by atoms with Crippen molar-refractivity contribution in [3.63, 3.8) is 0 Å². The first-order valence-corrected chi connectivity index (χ1v) is 7.86. The standard InChI is InChI=1S/C13H20BrN3O2/c14-5-1-2-13(18)16-12-8-15-17(10-12)9-11-3-6-19-7-4-11/h8,10-11H,1-7,9H2,(H,16,18). The second-order valence-corrected chi connectivity index (χ2v) is 5.64. The number of hydrogen-bond donors (Lipinski definition) is 1. The molecule has 0 aromatic carbocycles. The first-order chi connectivity index (χ1) is 9.28. The molecule has 5 nitrogen and oxygen atoms in total. The molecule has 1 amide bonds. The molecule has 2 rings (SSSR count). The number of rotatable bonds is 6. The Morgan fingerprint density at radius 2 is 2.32 bits per heavy atom. The quantitative estimate of drug-likeness (QED) is 0.815. The first-order valence-electron chi connectivity index (χ1n) is 6.74. The maximum Gasteiger partial charge on any atom is 0.224 e. The van der Waals surface area contributed by atoms with Crippen LogP contribution in [0, 0.1) is 5.92 Å². The number of hydrogen-bond acceptors (Lipinski definition) is 3. The van der Waals surface area contributed by atoms with Crippen molar-refractivity contribution in [1.29, 1.82) is 0 Å². The highest BCUT2D eigenvalue weighted by atomic mass is 79.9. The molecule has 0 unspecified atom stereocenters. The number of nitrogens with one attached hydrogen (secondary N) is 1. The van der Waals surface area contributed by atoms with Crippen LogP contribution in [0.5, 0.6) is 0 Å². The van der Waals surface area contributed by atoms with Gasteiger partial charge in [0.1, 0.15) is 0 Å². The number of carbonyl (C=O) groups excluding carboxylic acids is 1. The molecular weight excluding hydrogens is 310 g/mol. The van der Waals surface area contributed by atoms with E-state index in [0.29, 0.717) is 12.3 Å². The molecule has 1 aromatic heterocycles. The maximum absolute atomic E-state index is 11.6. The van der Waals surface area contributed by atoms with Crippen LogP contribution in [0.1, 0.15) is 25.7 Å². The Kier molecular flexibility index (Phi) is 5.85. The summed E-state index contributed by atoms with van der Waals surface area (Å²) < 4.78 is 7.26. The molecule has 0 bridgehead atoms. The molecule has 1 saturated heterocycles. The molecule has 0 spiro atoms. The minimum atomic E-state index is 0.0464. The van der Waals surface area contributed by atoms with Crippen molar-refractivity contribution in [2.24, 2.45) is 5.92 Å². The largest absolute Gasteiger partial charge is 0.381 e. The average Bonchev–Trinajstić information content (AvgIpc) is 2.85. The van der Waals surface area contributed by atoms with Crippen LogP contribution >= 0.6 is 15.9 Å². The predicted octanol–water partition coefficient (Wildman–Crippen LogP) is 2.42. The van der Waals surface area contributed by atoms with Gasteiger partial charge in [-0.3, -0.25) is 9.48 Å². The third-order valence-electron chi connectivity index (χ3n) is 3.24. The molecule has 0 radical (unpaired) electrons. The molecule has 1 aromatic rings. The summed E-state index contributed by atoms with van der Waals surface area (Å²) in [4.78, 5) is 11.6. The summed E-state index contributed by atoms with van der Waals surface area (Å²) in [7, 11) is 0. The fraction of sp³-hybridized carbons (Fsp3) is 0.692. The summed E-state index contributed by atoms with van der Waals surface area (Å²) >= 11 is 3.32. The van der Waals surface area contributed by atoms with Crippen molar-refractivity contribution in [3.05, 3.63) is 12.4 Å². The second kappa shape index (κ2) is 7.65. The molecule has 1 fully saturated rings. The summed E-state index contributed by atoms with van der Waals surface area (Å²) in [5, 5.41) is 8.01. The van der Waals surface area contributed by atoms with Crippen LogP contribution in [0.15, 0.2) is 12.4 Å². The lowest BCUT2D eigenvalue weighted by Gasteiger charge is -2.21. The third-order valence-corrected chi connectivity index (χ3v) is 3.80. The molecule has 106 valence electrons. The molecule has 6 heteroatoms. The molecule has 19 heavy (non-hydrogen) atoms. The fourth-order valence-corrected chi connectivity index (χ4v) is 2.45. The second-order valence-electron chi connectivity index (χ2n) is 4.85. The van der Waals surface area contributed by atoms with Crippen LogP contribution in [0.2, 0.25) is 0 Å². The number of halogens is 1. The van der Waals surface area contributed by atoms with E-state index in [1.807, 2.05) is 10.9 Å². The van der Waals surface area contributed by atoms with Gasteiger partial charge in [0, 0.05) is 37.7 Å². The molecule has 1 aliphatic heterocycles. The Labute approximate surface area is 121 Å². The molecule has 0 aliphatic carbocycles. The number of anilines is 1. The lowest BCUT2D eigenvalue weighted by Crippen LogP contribution is -2.20. The van der Waals surface area contributed by atoms with Crippen LogP contribution in [-0.2, 0) is 16.1 Å². The van der Waals surface area contributed by atoms with Gasteiger partial charge in [0.15, 0.2) is 0 Å². The molecule has 1 N–H and O–H groups in total. The zero-order valence-electron chi connectivity index (χ0n) is 11.0. The van der Waals surface area contributed by atoms with E-state index in [1.165, 1.54) is 0 Å².